The van der Waals surface area contributed by atoms with E-state index >= 15 is 0 Å². The van der Waals surface area contributed by atoms with Crippen LogP contribution < -0.4 is 9.56 Å². The van der Waals surface area contributed by atoms with Crippen molar-refractivity contribution in [1.82, 2.24) is 39.0 Å². The van der Waals surface area contributed by atoms with Gasteiger partial charge >= 0.3 is 0 Å². The largest absolute Gasteiger partial charge is 0.354 e. The zero-order valence-electron chi connectivity index (χ0n) is 36.5. The molecule has 2 aromatic heterocycles. The summed E-state index contributed by atoms with van der Waals surface area (Å²) in [4.78, 5) is 33.7. The van der Waals surface area contributed by atoms with Crippen LogP contribution in [0.4, 0.5) is 0 Å². The molecule has 0 unspecified atom stereocenters. The third-order valence-electron chi connectivity index (χ3n) is 12.7. The number of aryl methyl sites for hydroxylation is 2. The number of likely N-dealkylation sites (N-methyl/N-ethyl adjacent to an activating group) is 4. The van der Waals surface area contributed by atoms with Gasteiger partial charge in [0.2, 0.25) is 11.4 Å². The Kier molecular flexibility index (Phi) is 10.5. The van der Waals surface area contributed by atoms with Crippen LogP contribution in [0.3, 0.4) is 0 Å². The van der Waals surface area contributed by atoms with E-state index in [0.717, 1.165) is 132 Å². The van der Waals surface area contributed by atoms with Gasteiger partial charge in [-0.1, -0.05) is 0 Å². The Bertz CT molecular complexity index is 2420. The highest BCUT2D eigenvalue weighted by molar-refractivity contribution is 6.32. The van der Waals surface area contributed by atoms with Crippen LogP contribution in [-0.4, -0.2) is 108 Å². The molecular weight excluding hydrogens is 745 g/mol. The van der Waals surface area contributed by atoms with Gasteiger partial charge in [-0.25, -0.2) is 24.1 Å². The van der Waals surface area contributed by atoms with E-state index in [2.05, 4.69) is 202 Å². The van der Waals surface area contributed by atoms with Crippen molar-refractivity contribution in [2.75, 3.05) is 39.3 Å². The molecule has 9 heterocycles. The predicted octanol–water partition coefficient (Wildman–Crippen LogP) is 5.35. The van der Waals surface area contributed by atoms with Crippen molar-refractivity contribution < 1.29 is 9.56 Å². The van der Waals surface area contributed by atoms with Crippen LogP contribution in [0.2, 0.25) is 0 Å². The van der Waals surface area contributed by atoms with Gasteiger partial charge in [0.15, 0.2) is 5.57 Å². The van der Waals surface area contributed by atoms with E-state index in [9.17, 15) is 0 Å². The monoisotopic (exact) mass is 805 g/mol. The van der Waals surface area contributed by atoms with Gasteiger partial charge in [0.05, 0.1) is 52.7 Å². The van der Waals surface area contributed by atoms with E-state index < -0.39 is 0 Å². The minimum absolute atomic E-state index is 0.0406. The molecule has 7 aliphatic heterocycles. The molecule has 12 heteroatoms. The maximum Gasteiger partial charge on any atom is 0.297 e. The Morgan fingerprint density at radius 1 is 0.583 bits per heavy atom. The Hall–Kier alpha value is -6.30. The number of aromatic amines is 1. The molecule has 9 rings (SSSR count). The lowest BCUT2D eigenvalue weighted by Gasteiger charge is -2.33. The number of hydrogen-bond donors (Lipinski definition) is 2. The highest BCUT2D eigenvalue weighted by Gasteiger charge is 2.41. The first-order valence-corrected chi connectivity index (χ1v) is 22.1. The number of imidazole rings is 1. The van der Waals surface area contributed by atoms with Gasteiger partial charge in [0.25, 0.3) is 5.82 Å². The molecule has 0 saturated carbocycles. The number of aliphatic imine (C=N–C) groups is 2. The quantitative estimate of drug-likeness (QED) is 0.299. The summed E-state index contributed by atoms with van der Waals surface area (Å²) < 4.78 is 4.68. The first kappa shape index (κ1) is 39.2. The molecule has 0 saturated heterocycles. The smallest absolute Gasteiger partial charge is 0.297 e. The minimum atomic E-state index is -0.0406. The first-order valence-electron chi connectivity index (χ1n) is 22.1. The lowest BCUT2D eigenvalue weighted by Crippen LogP contribution is -2.70. The molecule has 0 atom stereocenters. The third-order valence-corrected chi connectivity index (χ3v) is 12.7. The molecule has 0 aliphatic carbocycles. The molecule has 12 nitrogen and oxygen atoms in total. The fourth-order valence-electron chi connectivity index (χ4n) is 9.62. The first-order chi connectivity index (χ1) is 29.4. The summed E-state index contributed by atoms with van der Waals surface area (Å²) >= 11 is 0. The maximum absolute atomic E-state index is 5.66. The minimum Gasteiger partial charge on any atom is -0.354 e. The highest BCUT2D eigenvalue weighted by atomic mass is 15.4. The molecule has 8 bridgehead atoms. The van der Waals surface area contributed by atoms with E-state index in [0.29, 0.717) is 0 Å². The van der Waals surface area contributed by atoms with Crippen molar-refractivity contribution in [3.63, 3.8) is 0 Å². The van der Waals surface area contributed by atoms with Crippen molar-refractivity contribution >= 4 is 33.9 Å². The fourth-order valence-corrected chi connectivity index (χ4v) is 9.62. The van der Waals surface area contributed by atoms with Crippen molar-refractivity contribution in [2.24, 2.45) is 9.98 Å². The Morgan fingerprint density at radius 3 is 1.68 bits per heavy atom. The number of nitrogens with one attached hydrogen (secondary N) is 2. The number of aromatic nitrogens is 3. The number of hydrogen-bond acceptors (Lipinski definition) is 8. The van der Waals surface area contributed by atoms with Crippen LogP contribution in [0, 0.1) is 0 Å². The van der Waals surface area contributed by atoms with Crippen LogP contribution in [0.25, 0.3) is 16.7 Å². The topological polar surface area (TPSA) is 82.7 Å². The molecule has 0 fully saturated rings. The summed E-state index contributed by atoms with van der Waals surface area (Å²) in [5.74, 6) is 2.25. The normalized spacial score (nSPS) is 20.2. The molecule has 0 radical (unpaired) electrons. The lowest BCUT2D eigenvalue weighted by atomic mass is 10.0. The van der Waals surface area contributed by atoms with Crippen LogP contribution in [-0.2, 0) is 13.1 Å². The standard InChI is InChI=1S/C48H59N12/c1-9-53-25-26-54(10-2)45(53)41-33-17-19-35(49-33)42(46-55(11-3)27-28-56(46)12-4)37-21-23-39(51-37)44(48-59(15-7)31-32-60(48)16-8)40-24-22-38(52-40)43(36-20-18-34(41)50-36)47-57(13-5)29-30-58(47)14-6/h17-32,45,48-49H,9-16H2,1-8H3/q+1/p+1. The molecular formula is C48H60N12+2. The van der Waals surface area contributed by atoms with E-state index in [1.807, 2.05) is 0 Å². The summed E-state index contributed by atoms with van der Waals surface area (Å²) in [7, 11) is 0. The zero-order valence-corrected chi connectivity index (χ0v) is 36.5. The number of allylic oxidation sites excluding steroid dienone is 8. The zero-order chi connectivity index (χ0) is 41.7. The highest BCUT2D eigenvalue weighted by Crippen LogP contribution is 2.39. The van der Waals surface area contributed by atoms with E-state index in [1.165, 1.54) is 0 Å². The molecule has 310 valence electrons. The Morgan fingerprint density at radius 2 is 1.13 bits per heavy atom. The number of H-pyrrole nitrogens is 1. The van der Waals surface area contributed by atoms with Crippen molar-refractivity contribution in [1.29, 1.82) is 0 Å². The second kappa shape index (κ2) is 16.0. The molecule has 2 aromatic rings. The van der Waals surface area contributed by atoms with Crippen molar-refractivity contribution in [2.45, 2.75) is 80.8 Å². The summed E-state index contributed by atoms with van der Waals surface area (Å²) in [5.41, 5.74) is 12.3. The van der Waals surface area contributed by atoms with Gasteiger partial charge in [-0.2, -0.15) is 0 Å². The molecule has 7 aliphatic rings. The van der Waals surface area contributed by atoms with Crippen LogP contribution in [0.1, 0.15) is 72.6 Å². The van der Waals surface area contributed by atoms with E-state index in [4.69, 9.17) is 9.98 Å². The molecule has 2 N–H and O–H groups in total. The predicted molar refractivity (Wildman–Crippen MR) is 242 cm³/mol. The summed E-state index contributed by atoms with van der Waals surface area (Å²) in [6.07, 6.45) is 31.0. The Balaban J connectivity index is 1.38. The van der Waals surface area contributed by atoms with Crippen LogP contribution >= 0.6 is 0 Å². The van der Waals surface area contributed by atoms with Crippen LogP contribution in [0.5, 0.6) is 0 Å². The maximum atomic E-state index is 5.66. The Labute approximate surface area is 355 Å². The SMILES string of the molecule is CCN1C=CN(CC)C1=C1C2=NC(=C(C3N(CC)C=CN3CC)C3=[NH+]C(=C(c4n(CC)cc[n+]4CC)C4=NC(=C(C5N(CC)C=CN5CC)c5ccc1[nH]5)C=C4)C=C3)C=C2. The third kappa shape index (κ3) is 6.26. The molecule has 0 spiro atoms. The van der Waals surface area contributed by atoms with Gasteiger partial charge in [-0.3, -0.25) is 0 Å². The average Bonchev–Trinajstić information content (AvgIpc) is 4.13. The van der Waals surface area contributed by atoms with Gasteiger partial charge in [0, 0.05) is 99.9 Å². The van der Waals surface area contributed by atoms with Gasteiger partial charge in [-0.05, 0) is 91.8 Å². The van der Waals surface area contributed by atoms with Gasteiger partial charge in [0.1, 0.15) is 30.5 Å². The van der Waals surface area contributed by atoms with Crippen molar-refractivity contribution in [3.05, 3.63) is 144 Å². The van der Waals surface area contributed by atoms with Gasteiger partial charge in [-0.15, -0.1) is 0 Å². The summed E-state index contributed by atoms with van der Waals surface area (Å²) in [5, 5.41) is 0. The van der Waals surface area contributed by atoms with Crippen LogP contribution in [0.15, 0.2) is 137 Å². The second-order valence-corrected chi connectivity index (χ2v) is 15.6. The average molecular weight is 805 g/mol. The molecule has 60 heavy (non-hydrogen) atoms. The second-order valence-electron chi connectivity index (χ2n) is 15.6. The number of nitrogens with zero attached hydrogens (tertiary/aromatic N) is 10. The summed E-state index contributed by atoms with van der Waals surface area (Å²) in [6, 6.07) is 4.50. The lowest BCUT2D eigenvalue weighted by molar-refractivity contribution is -0.695. The number of fused-ring (bicyclic) bond motifs is 5. The number of rotatable bonds is 11. The fraction of sp³-hybridized carbons (Fsp3) is 0.375. The van der Waals surface area contributed by atoms with E-state index in [-0.39, 0.29) is 12.3 Å². The summed E-state index contributed by atoms with van der Waals surface area (Å²) in [6.45, 7) is 24.6. The molecule has 0 aromatic carbocycles. The molecule has 0 amide bonds. The van der Waals surface area contributed by atoms with E-state index in [1.54, 1.807) is 0 Å². The van der Waals surface area contributed by atoms with Crippen molar-refractivity contribution in [3.8, 4) is 0 Å². The van der Waals surface area contributed by atoms with Gasteiger partial charge < -0.3 is 34.4 Å².